The molecule has 1 aliphatic heterocycles. The summed E-state index contributed by atoms with van der Waals surface area (Å²) < 4.78 is 0. The molecule has 4 rings (SSSR count). The number of aliphatic hydroxyl groups excluding tert-OH is 1. The van der Waals surface area contributed by atoms with Crippen LogP contribution in [-0.4, -0.2) is 34.3 Å². The van der Waals surface area contributed by atoms with Crippen molar-refractivity contribution in [1.82, 2.24) is 9.97 Å². The molecule has 1 atom stereocenters. The lowest BCUT2D eigenvalue weighted by atomic mass is 10.1. The molecule has 2 aromatic heterocycles. The van der Waals surface area contributed by atoms with Gasteiger partial charge in [0.25, 0.3) is 0 Å². The van der Waals surface area contributed by atoms with Crippen LogP contribution in [0.3, 0.4) is 0 Å². The third-order valence-corrected chi connectivity index (χ3v) is 4.60. The van der Waals surface area contributed by atoms with Crippen LogP contribution in [0.5, 0.6) is 0 Å². The second-order valence-corrected chi connectivity index (χ2v) is 6.40. The maximum Gasteiger partial charge on any atom is 0.128 e. The molecule has 0 unspecified atom stereocenters. The predicted molar refractivity (Wildman–Crippen MR) is 86.9 cm³/mol. The number of anilines is 1. The second-order valence-electron chi connectivity index (χ2n) is 6.40. The highest BCUT2D eigenvalue weighted by Crippen LogP contribution is 2.40. The Labute approximate surface area is 130 Å². The van der Waals surface area contributed by atoms with Crippen molar-refractivity contribution >= 4 is 5.82 Å². The van der Waals surface area contributed by atoms with E-state index in [1.165, 1.54) is 18.4 Å². The number of piperidine rings is 1. The van der Waals surface area contributed by atoms with Crippen molar-refractivity contribution in [2.45, 2.75) is 37.7 Å². The fraction of sp³-hybridized carbons (Fsp3) is 0.444. The molecule has 4 nitrogen and oxygen atoms in total. The van der Waals surface area contributed by atoms with Gasteiger partial charge in [-0.2, -0.15) is 0 Å². The van der Waals surface area contributed by atoms with Gasteiger partial charge < -0.3 is 10.0 Å². The van der Waals surface area contributed by atoms with E-state index < -0.39 is 0 Å². The number of aliphatic hydroxyl groups is 1. The molecule has 0 bridgehead atoms. The molecule has 2 aromatic rings. The summed E-state index contributed by atoms with van der Waals surface area (Å²) in [7, 11) is 0. The number of rotatable bonds is 3. The normalized spacial score (nSPS) is 21.9. The van der Waals surface area contributed by atoms with Crippen molar-refractivity contribution in [2.75, 3.05) is 18.0 Å². The molecule has 1 saturated carbocycles. The lowest BCUT2D eigenvalue weighted by Gasteiger charge is -2.31. The third-order valence-electron chi connectivity index (χ3n) is 4.60. The van der Waals surface area contributed by atoms with Gasteiger partial charge in [0.1, 0.15) is 5.82 Å². The van der Waals surface area contributed by atoms with Gasteiger partial charge in [0.05, 0.1) is 11.8 Å². The SMILES string of the molecule is O[C@H]1CCCN(c2ccc(-c3cc(C4CC4)ccn3)cn2)C1. The van der Waals surface area contributed by atoms with Gasteiger partial charge in [-0.25, -0.2) is 4.98 Å². The van der Waals surface area contributed by atoms with Crippen molar-refractivity contribution in [3.63, 3.8) is 0 Å². The Balaban J connectivity index is 1.55. The van der Waals surface area contributed by atoms with E-state index in [-0.39, 0.29) is 6.10 Å². The van der Waals surface area contributed by atoms with Crippen LogP contribution in [0.15, 0.2) is 36.7 Å². The molecular weight excluding hydrogens is 274 g/mol. The van der Waals surface area contributed by atoms with Crippen LogP contribution in [0.4, 0.5) is 5.82 Å². The number of nitrogens with zero attached hydrogens (tertiary/aromatic N) is 3. The minimum Gasteiger partial charge on any atom is -0.391 e. The highest BCUT2D eigenvalue weighted by atomic mass is 16.3. The van der Waals surface area contributed by atoms with Crippen LogP contribution in [0, 0.1) is 0 Å². The molecule has 0 amide bonds. The molecule has 2 fully saturated rings. The van der Waals surface area contributed by atoms with Crippen molar-refractivity contribution < 1.29 is 5.11 Å². The molecule has 3 heterocycles. The molecule has 1 N–H and O–H groups in total. The summed E-state index contributed by atoms with van der Waals surface area (Å²) >= 11 is 0. The van der Waals surface area contributed by atoms with Crippen LogP contribution in [0.25, 0.3) is 11.3 Å². The zero-order chi connectivity index (χ0) is 14.9. The first-order chi connectivity index (χ1) is 10.8. The largest absolute Gasteiger partial charge is 0.391 e. The number of β-amino-alcohol motifs (C(OH)–C–C–N with tert-alkyl or cyclic N) is 1. The van der Waals surface area contributed by atoms with E-state index >= 15 is 0 Å². The van der Waals surface area contributed by atoms with Crippen molar-refractivity contribution in [2.24, 2.45) is 0 Å². The Bertz CT molecular complexity index is 652. The summed E-state index contributed by atoms with van der Waals surface area (Å²) in [4.78, 5) is 11.2. The topological polar surface area (TPSA) is 49.2 Å². The minimum absolute atomic E-state index is 0.230. The highest BCUT2D eigenvalue weighted by Gasteiger charge is 2.24. The van der Waals surface area contributed by atoms with Gasteiger partial charge in [0.2, 0.25) is 0 Å². The standard InChI is InChI=1S/C18H21N3O/c22-16-2-1-9-21(12-16)18-6-5-15(11-20-18)17-10-14(7-8-19-17)13-3-4-13/h5-8,10-11,13,16,22H,1-4,9,12H2/t16-/m0/s1. The average molecular weight is 295 g/mol. The van der Waals surface area contributed by atoms with Crippen molar-refractivity contribution in [3.05, 3.63) is 42.2 Å². The Morgan fingerprint density at radius 2 is 2.00 bits per heavy atom. The van der Waals surface area contributed by atoms with E-state index in [4.69, 9.17) is 0 Å². The van der Waals surface area contributed by atoms with E-state index in [9.17, 15) is 5.11 Å². The molecule has 0 spiro atoms. The van der Waals surface area contributed by atoms with Crippen LogP contribution in [0.1, 0.15) is 37.2 Å². The summed E-state index contributed by atoms with van der Waals surface area (Å²) in [6.07, 6.45) is 8.10. The molecule has 0 radical (unpaired) electrons. The summed E-state index contributed by atoms with van der Waals surface area (Å²) in [5.74, 6) is 1.68. The summed E-state index contributed by atoms with van der Waals surface area (Å²) in [5.41, 5.74) is 3.46. The molecule has 114 valence electrons. The van der Waals surface area contributed by atoms with E-state index in [2.05, 4.69) is 33.1 Å². The molecule has 1 saturated heterocycles. The Morgan fingerprint density at radius 3 is 2.73 bits per heavy atom. The molecule has 2 aliphatic rings. The van der Waals surface area contributed by atoms with E-state index in [0.29, 0.717) is 6.54 Å². The van der Waals surface area contributed by atoms with E-state index in [0.717, 1.165) is 42.4 Å². The molecule has 4 heteroatoms. The van der Waals surface area contributed by atoms with Gasteiger partial charge in [0, 0.05) is 31.0 Å². The zero-order valence-corrected chi connectivity index (χ0v) is 12.7. The first-order valence-corrected chi connectivity index (χ1v) is 8.15. The first kappa shape index (κ1) is 13.7. The van der Waals surface area contributed by atoms with Gasteiger partial charge in [-0.15, -0.1) is 0 Å². The molecule has 1 aliphatic carbocycles. The molecular formula is C18H21N3O. The third kappa shape index (κ3) is 2.83. The van der Waals surface area contributed by atoms with Gasteiger partial charge in [-0.05, 0) is 61.4 Å². The summed E-state index contributed by atoms with van der Waals surface area (Å²) in [6.45, 7) is 1.65. The number of pyridine rings is 2. The van der Waals surface area contributed by atoms with Crippen LogP contribution in [-0.2, 0) is 0 Å². The van der Waals surface area contributed by atoms with Crippen molar-refractivity contribution in [3.8, 4) is 11.3 Å². The Kier molecular flexibility index (Phi) is 3.54. The minimum atomic E-state index is -0.230. The maximum atomic E-state index is 9.78. The number of hydrogen-bond acceptors (Lipinski definition) is 4. The fourth-order valence-corrected chi connectivity index (χ4v) is 3.16. The summed E-state index contributed by atoms with van der Waals surface area (Å²) in [6, 6.07) is 8.44. The lowest BCUT2D eigenvalue weighted by molar-refractivity contribution is 0.154. The van der Waals surface area contributed by atoms with Crippen LogP contribution >= 0.6 is 0 Å². The first-order valence-electron chi connectivity index (χ1n) is 8.15. The van der Waals surface area contributed by atoms with Gasteiger partial charge in [0.15, 0.2) is 0 Å². The second kappa shape index (κ2) is 5.69. The Hall–Kier alpha value is -1.94. The smallest absolute Gasteiger partial charge is 0.128 e. The number of aromatic nitrogens is 2. The molecule has 0 aromatic carbocycles. The lowest BCUT2D eigenvalue weighted by Crippen LogP contribution is -2.38. The predicted octanol–water partition coefficient (Wildman–Crippen LogP) is 2.98. The van der Waals surface area contributed by atoms with Crippen LogP contribution in [0.2, 0.25) is 0 Å². The highest BCUT2D eigenvalue weighted by molar-refractivity contribution is 5.61. The summed E-state index contributed by atoms with van der Waals surface area (Å²) in [5, 5.41) is 9.78. The number of hydrogen-bond donors (Lipinski definition) is 1. The van der Waals surface area contributed by atoms with E-state index in [1.807, 2.05) is 18.5 Å². The van der Waals surface area contributed by atoms with Crippen LogP contribution < -0.4 is 4.90 Å². The maximum absolute atomic E-state index is 9.78. The van der Waals surface area contributed by atoms with Gasteiger partial charge in [-0.1, -0.05) is 0 Å². The molecule has 22 heavy (non-hydrogen) atoms. The average Bonchev–Trinajstić information content (AvgIpc) is 3.40. The zero-order valence-electron chi connectivity index (χ0n) is 12.7. The monoisotopic (exact) mass is 295 g/mol. The quantitative estimate of drug-likeness (QED) is 0.945. The fourth-order valence-electron chi connectivity index (χ4n) is 3.16. The van der Waals surface area contributed by atoms with Gasteiger partial charge >= 0.3 is 0 Å². The Morgan fingerprint density at radius 1 is 1.09 bits per heavy atom. The van der Waals surface area contributed by atoms with Gasteiger partial charge in [-0.3, -0.25) is 4.98 Å². The van der Waals surface area contributed by atoms with E-state index in [1.54, 1.807) is 0 Å². The van der Waals surface area contributed by atoms with Crippen molar-refractivity contribution in [1.29, 1.82) is 0 Å².